The molecule has 7 nitrogen and oxygen atoms in total. The molecule has 0 atom stereocenters. The number of rotatable bonds is 7. The zero-order valence-electron chi connectivity index (χ0n) is 20.7. The van der Waals surface area contributed by atoms with Crippen molar-refractivity contribution in [3.05, 3.63) is 84.4 Å². The normalized spacial score (nSPS) is 11.7. The third-order valence-electron chi connectivity index (χ3n) is 6.45. The van der Waals surface area contributed by atoms with Crippen LogP contribution in [0.5, 0.6) is 0 Å². The SMILES string of the molecule is CN(C)CCCc1cc(F)cc(-c2cccc3[nH]c(-c4n[nH]c5cnc(-c6ccccn6)cc45)nc23)c1. The summed E-state index contributed by atoms with van der Waals surface area (Å²) in [6.07, 6.45) is 5.29. The molecule has 0 unspecified atom stereocenters. The van der Waals surface area contributed by atoms with E-state index in [9.17, 15) is 4.39 Å². The Morgan fingerprint density at radius 2 is 1.84 bits per heavy atom. The van der Waals surface area contributed by atoms with Gasteiger partial charge in [-0.3, -0.25) is 15.1 Å². The number of hydrogen-bond acceptors (Lipinski definition) is 5. The van der Waals surface area contributed by atoms with E-state index < -0.39 is 0 Å². The average Bonchev–Trinajstić information content (AvgIpc) is 3.52. The highest BCUT2D eigenvalue weighted by Crippen LogP contribution is 2.33. The Balaban J connectivity index is 1.41. The highest BCUT2D eigenvalue weighted by Gasteiger charge is 2.17. The predicted octanol–water partition coefficient (Wildman–Crippen LogP) is 5.86. The number of fused-ring (bicyclic) bond motifs is 2. The van der Waals surface area contributed by atoms with Crippen molar-refractivity contribution in [2.75, 3.05) is 20.6 Å². The Morgan fingerprint density at radius 3 is 2.68 bits per heavy atom. The van der Waals surface area contributed by atoms with Crippen molar-refractivity contribution in [3.63, 3.8) is 0 Å². The maximum atomic E-state index is 14.6. The topological polar surface area (TPSA) is 86.4 Å². The number of aryl methyl sites for hydroxylation is 1. The van der Waals surface area contributed by atoms with Crippen molar-refractivity contribution in [1.82, 2.24) is 35.0 Å². The van der Waals surface area contributed by atoms with Gasteiger partial charge in [-0.1, -0.05) is 24.3 Å². The van der Waals surface area contributed by atoms with E-state index in [0.717, 1.165) is 69.4 Å². The molecule has 2 aromatic carbocycles. The van der Waals surface area contributed by atoms with Crippen LogP contribution < -0.4 is 0 Å². The zero-order valence-corrected chi connectivity index (χ0v) is 20.7. The molecular weight excluding hydrogens is 465 g/mol. The van der Waals surface area contributed by atoms with Gasteiger partial charge in [0.05, 0.1) is 34.1 Å². The number of halogens is 1. The Bertz CT molecular complexity index is 1700. The summed E-state index contributed by atoms with van der Waals surface area (Å²) in [4.78, 5) is 19.4. The van der Waals surface area contributed by atoms with Crippen LogP contribution >= 0.6 is 0 Å². The lowest BCUT2D eigenvalue weighted by Crippen LogP contribution is -2.13. The van der Waals surface area contributed by atoms with Gasteiger partial charge in [-0.2, -0.15) is 5.10 Å². The molecule has 0 aliphatic heterocycles. The molecule has 0 aliphatic carbocycles. The van der Waals surface area contributed by atoms with Crippen LogP contribution in [0.3, 0.4) is 0 Å². The van der Waals surface area contributed by atoms with E-state index in [1.807, 2.05) is 56.6 Å². The van der Waals surface area contributed by atoms with Gasteiger partial charge in [0, 0.05) is 17.1 Å². The van der Waals surface area contributed by atoms with Crippen molar-refractivity contribution in [2.45, 2.75) is 12.8 Å². The van der Waals surface area contributed by atoms with Gasteiger partial charge in [-0.15, -0.1) is 0 Å². The molecule has 8 heteroatoms. The Labute approximate surface area is 213 Å². The van der Waals surface area contributed by atoms with Gasteiger partial charge in [-0.05, 0) is 81.0 Å². The van der Waals surface area contributed by atoms with Gasteiger partial charge in [0.25, 0.3) is 0 Å². The van der Waals surface area contributed by atoms with Crippen LogP contribution in [0.15, 0.2) is 73.1 Å². The lowest BCUT2D eigenvalue weighted by atomic mass is 9.99. The molecule has 184 valence electrons. The smallest absolute Gasteiger partial charge is 0.159 e. The molecule has 4 heterocycles. The van der Waals surface area contributed by atoms with Gasteiger partial charge in [0.2, 0.25) is 0 Å². The number of nitrogens with zero attached hydrogens (tertiary/aromatic N) is 5. The number of nitrogens with one attached hydrogen (secondary N) is 2. The largest absolute Gasteiger partial charge is 0.337 e. The number of pyridine rings is 2. The number of aromatic nitrogens is 6. The summed E-state index contributed by atoms with van der Waals surface area (Å²) in [7, 11) is 4.09. The monoisotopic (exact) mass is 491 g/mol. The van der Waals surface area contributed by atoms with Crippen LogP contribution in [0, 0.1) is 5.82 Å². The third-order valence-corrected chi connectivity index (χ3v) is 6.45. The van der Waals surface area contributed by atoms with E-state index in [4.69, 9.17) is 4.98 Å². The van der Waals surface area contributed by atoms with Crippen LogP contribution in [0.2, 0.25) is 0 Å². The molecule has 0 amide bonds. The molecule has 2 N–H and O–H groups in total. The van der Waals surface area contributed by atoms with Gasteiger partial charge in [0.15, 0.2) is 5.82 Å². The minimum absolute atomic E-state index is 0.238. The summed E-state index contributed by atoms with van der Waals surface area (Å²) in [5.74, 6) is 0.396. The van der Waals surface area contributed by atoms with E-state index in [-0.39, 0.29) is 5.82 Å². The fourth-order valence-electron chi connectivity index (χ4n) is 4.68. The van der Waals surface area contributed by atoms with Crippen molar-refractivity contribution in [3.8, 4) is 34.0 Å². The van der Waals surface area contributed by atoms with E-state index in [1.54, 1.807) is 24.5 Å². The second-order valence-electron chi connectivity index (χ2n) is 9.44. The summed E-state index contributed by atoms with van der Waals surface area (Å²) in [6, 6.07) is 18.9. The molecule has 6 rings (SSSR count). The first-order valence-electron chi connectivity index (χ1n) is 12.2. The summed E-state index contributed by atoms with van der Waals surface area (Å²) in [6.45, 7) is 0.958. The first-order chi connectivity index (χ1) is 18.0. The molecule has 0 saturated carbocycles. The molecule has 0 radical (unpaired) electrons. The van der Waals surface area contributed by atoms with Crippen molar-refractivity contribution in [2.24, 2.45) is 0 Å². The van der Waals surface area contributed by atoms with Gasteiger partial charge in [-0.25, -0.2) is 9.37 Å². The number of imidazole rings is 1. The molecule has 0 aliphatic rings. The minimum Gasteiger partial charge on any atom is -0.337 e. The average molecular weight is 492 g/mol. The number of aromatic amines is 2. The second-order valence-corrected chi connectivity index (χ2v) is 9.44. The Kier molecular flexibility index (Phi) is 5.94. The summed E-state index contributed by atoms with van der Waals surface area (Å²) in [5, 5.41) is 8.48. The Hall–Kier alpha value is -4.43. The highest BCUT2D eigenvalue weighted by atomic mass is 19.1. The van der Waals surface area contributed by atoms with Gasteiger partial charge >= 0.3 is 0 Å². The maximum absolute atomic E-state index is 14.6. The van der Waals surface area contributed by atoms with Crippen LogP contribution in [0.4, 0.5) is 4.39 Å². The molecular formula is C29H26FN7. The van der Waals surface area contributed by atoms with Gasteiger partial charge in [0.1, 0.15) is 11.5 Å². The summed E-state index contributed by atoms with van der Waals surface area (Å²) < 4.78 is 14.6. The molecule has 0 bridgehead atoms. The second kappa shape index (κ2) is 9.55. The first kappa shape index (κ1) is 23.0. The molecule has 0 spiro atoms. The number of para-hydroxylation sites is 1. The Morgan fingerprint density at radius 1 is 0.919 bits per heavy atom. The van der Waals surface area contributed by atoms with Gasteiger partial charge < -0.3 is 9.88 Å². The van der Waals surface area contributed by atoms with Crippen molar-refractivity contribution >= 4 is 21.9 Å². The van der Waals surface area contributed by atoms with E-state index in [2.05, 4.69) is 36.1 Å². The molecule has 4 aromatic heterocycles. The highest BCUT2D eigenvalue weighted by molar-refractivity contribution is 5.97. The predicted molar refractivity (Wildman–Crippen MR) is 144 cm³/mol. The minimum atomic E-state index is -0.238. The van der Waals surface area contributed by atoms with Crippen molar-refractivity contribution in [1.29, 1.82) is 0 Å². The quantitative estimate of drug-likeness (QED) is 0.292. The fourth-order valence-corrected chi connectivity index (χ4v) is 4.68. The molecule has 6 aromatic rings. The molecule has 37 heavy (non-hydrogen) atoms. The van der Waals surface area contributed by atoms with Crippen LogP contribution in [0.1, 0.15) is 12.0 Å². The van der Waals surface area contributed by atoms with E-state index >= 15 is 0 Å². The van der Waals surface area contributed by atoms with E-state index in [0.29, 0.717) is 11.5 Å². The van der Waals surface area contributed by atoms with Crippen LogP contribution in [0.25, 0.3) is 56.0 Å². The number of H-pyrrole nitrogens is 2. The van der Waals surface area contributed by atoms with E-state index in [1.165, 1.54) is 0 Å². The lowest BCUT2D eigenvalue weighted by Gasteiger charge is -2.10. The summed E-state index contributed by atoms with van der Waals surface area (Å²) >= 11 is 0. The van der Waals surface area contributed by atoms with Crippen molar-refractivity contribution < 1.29 is 4.39 Å². The number of benzene rings is 2. The maximum Gasteiger partial charge on any atom is 0.159 e. The van der Waals surface area contributed by atoms with Crippen LogP contribution in [-0.2, 0) is 6.42 Å². The van der Waals surface area contributed by atoms with Crippen LogP contribution in [-0.4, -0.2) is 55.7 Å². The molecule has 0 fully saturated rings. The lowest BCUT2D eigenvalue weighted by molar-refractivity contribution is 0.400. The number of hydrogen-bond donors (Lipinski definition) is 2. The fraction of sp³-hybridized carbons (Fsp3) is 0.172. The summed E-state index contributed by atoms with van der Waals surface area (Å²) in [5.41, 5.74) is 7.37. The first-order valence-corrected chi connectivity index (χ1v) is 12.2. The zero-order chi connectivity index (χ0) is 25.4. The standard InChI is InChI=1S/C29H26FN7/c1-37(2)12-6-7-18-13-19(15-20(30)14-18)21-8-5-10-24-27(21)34-29(33-24)28-22-16-25(23-9-3-4-11-31-23)32-17-26(22)35-36-28/h3-5,8-11,13-17H,6-7,12H2,1-2H3,(H,33,34)(H,35,36). The molecule has 0 saturated heterocycles. The third kappa shape index (κ3) is 4.59.